The van der Waals surface area contributed by atoms with Crippen LogP contribution < -0.4 is 5.32 Å². The van der Waals surface area contributed by atoms with Gasteiger partial charge in [0.25, 0.3) is 0 Å². The largest absolute Gasteiger partial charge is 0.357 e. The Hall–Kier alpha value is -1.92. The van der Waals surface area contributed by atoms with E-state index in [1.54, 1.807) is 11.9 Å². The molecule has 24 heavy (non-hydrogen) atoms. The summed E-state index contributed by atoms with van der Waals surface area (Å²) in [7, 11) is 1.61. The monoisotopic (exact) mass is 333 g/mol. The zero-order chi connectivity index (χ0) is 17.6. The van der Waals surface area contributed by atoms with E-state index in [0.717, 1.165) is 24.5 Å². The molecule has 2 aliphatic rings. The van der Waals surface area contributed by atoms with Crippen LogP contribution in [0.25, 0.3) is 0 Å². The van der Waals surface area contributed by atoms with Gasteiger partial charge in [-0.25, -0.2) is 0 Å². The van der Waals surface area contributed by atoms with E-state index in [1.807, 2.05) is 11.5 Å². The topological polar surface area (TPSA) is 80.1 Å². The van der Waals surface area contributed by atoms with E-state index in [1.165, 1.54) is 0 Å². The van der Waals surface area contributed by atoms with Crippen LogP contribution in [-0.2, 0) is 22.7 Å². The molecule has 0 spiro atoms. The molecule has 1 fully saturated rings. The second kappa shape index (κ2) is 5.86. The highest BCUT2D eigenvalue weighted by Gasteiger charge is 2.45. The molecule has 3 rings (SSSR count). The van der Waals surface area contributed by atoms with Gasteiger partial charge in [0.15, 0.2) is 5.82 Å². The fraction of sp³-hybridized carbons (Fsp3) is 0.765. The van der Waals surface area contributed by atoms with Gasteiger partial charge in [0, 0.05) is 13.0 Å². The van der Waals surface area contributed by atoms with E-state index < -0.39 is 6.04 Å². The molecule has 2 heterocycles. The van der Waals surface area contributed by atoms with Crippen LogP contribution in [0, 0.1) is 24.2 Å². The number of carbonyl (C=O) groups excluding carboxylic acids is 2. The molecule has 0 aromatic carbocycles. The van der Waals surface area contributed by atoms with E-state index in [-0.39, 0.29) is 23.1 Å². The van der Waals surface area contributed by atoms with Gasteiger partial charge in [0.05, 0.1) is 13.1 Å². The van der Waals surface area contributed by atoms with E-state index in [0.29, 0.717) is 19.0 Å². The van der Waals surface area contributed by atoms with Gasteiger partial charge in [-0.05, 0) is 31.1 Å². The minimum atomic E-state index is -0.488. The lowest BCUT2D eigenvalue weighted by atomic mass is 9.62. The third kappa shape index (κ3) is 2.80. The summed E-state index contributed by atoms with van der Waals surface area (Å²) >= 11 is 0. The molecular weight excluding hydrogens is 306 g/mol. The second-order valence-corrected chi connectivity index (χ2v) is 8.10. The van der Waals surface area contributed by atoms with Crippen molar-refractivity contribution in [1.82, 2.24) is 25.0 Å². The number of hydrogen-bond acceptors (Lipinski definition) is 4. The zero-order valence-electron chi connectivity index (χ0n) is 15.2. The van der Waals surface area contributed by atoms with Gasteiger partial charge < -0.3 is 14.8 Å². The number of amides is 2. The average molecular weight is 333 g/mol. The van der Waals surface area contributed by atoms with Gasteiger partial charge in [-0.2, -0.15) is 0 Å². The molecule has 0 saturated heterocycles. The van der Waals surface area contributed by atoms with E-state index in [9.17, 15) is 9.59 Å². The number of nitrogens with zero attached hydrogens (tertiary/aromatic N) is 4. The van der Waals surface area contributed by atoms with Crippen LogP contribution in [0.15, 0.2) is 0 Å². The molecule has 1 N–H and O–H groups in total. The summed E-state index contributed by atoms with van der Waals surface area (Å²) in [5.74, 6) is 2.08. The molecule has 1 aromatic heterocycles. The Bertz CT molecular complexity index is 654. The maximum absolute atomic E-state index is 13.0. The van der Waals surface area contributed by atoms with Gasteiger partial charge in [0.2, 0.25) is 11.8 Å². The highest BCUT2D eigenvalue weighted by atomic mass is 16.2. The molecule has 2 amide bonds. The Morgan fingerprint density at radius 2 is 1.88 bits per heavy atom. The predicted molar refractivity (Wildman–Crippen MR) is 88.8 cm³/mol. The smallest absolute Gasteiger partial charge is 0.244 e. The van der Waals surface area contributed by atoms with Crippen molar-refractivity contribution >= 4 is 11.8 Å². The first-order valence-electron chi connectivity index (χ1n) is 8.63. The van der Waals surface area contributed by atoms with Crippen LogP contribution in [0.1, 0.15) is 45.3 Å². The standard InChI is InChI=1S/C17H27N5O2/c1-10-19-20-14-9-22(13(8-21(10)14)15(23)18-5)16(24)11-6-12(7-11)17(2,3)4/h11-13H,6-9H2,1-5H3,(H,18,23). The van der Waals surface area contributed by atoms with Crippen LogP contribution in [-0.4, -0.2) is 44.6 Å². The van der Waals surface area contributed by atoms with Crippen molar-refractivity contribution in [3.63, 3.8) is 0 Å². The van der Waals surface area contributed by atoms with Crippen LogP contribution >= 0.6 is 0 Å². The molecule has 1 aromatic rings. The first-order valence-corrected chi connectivity index (χ1v) is 8.63. The minimum absolute atomic E-state index is 0.0250. The van der Waals surface area contributed by atoms with Crippen molar-refractivity contribution in [3.8, 4) is 0 Å². The first kappa shape index (κ1) is 16.9. The lowest BCUT2D eigenvalue weighted by molar-refractivity contribution is -0.151. The second-order valence-electron chi connectivity index (χ2n) is 8.10. The van der Waals surface area contributed by atoms with E-state index in [4.69, 9.17) is 0 Å². The molecule has 0 bridgehead atoms. The number of fused-ring (bicyclic) bond motifs is 1. The Morgan fingerprint density at radius 1 is 1.21 bits per heavy atom. The van der Waals surface area contributed by atoms with Crippen molar-refractivity contribution in [2.24, 2.45) is 17.3 Å². The highest BCUT2D eigenvalue weighted by Crippen LogP contribution is 2.46. The first-order chi connectivity index (χ1) is 11.2. The Labute approximate surface area is 142 Å². The summed E-state index contributed by atoms with van der Waals surface area (Å²) in [4.78, 5) is 27.0. The van der Waals surface area contributed by atoms with Crippen molar-refractivity contribution in [2.45, 2.75) is 59.7 Å². The Kier molecular flexibility index (Phi) is 4.13. The van der Waals surface area contributed by atoms with Gasteiger partial charge in [0.1, 0.15) is 11.9 Å². The van der Waals surface area contributed by atoms with Gasteiger partial charge in [-0.15, -0.1) is 10.2 Å². The Balaban J connectivity index is 1.78. The molecule has 1 unspecified atom stereocenters. The number of hydrogen-bond donors (Lipinski definition) is 1. The lowest BCUT2D eigenvalue weighted by Crippen LogP contribution is -2.56. The lowest BCUT2D eigenvalue weighted by Gasteiger charge is -2.46. The number of aryl methyl sites for hydroxylation is 1. The molecule has 1 aliphatic carbocycles. The van der Waals surface area contributed by atoms with Gasteiger partial charge in [-0.1, -0.05) is 20.8 Å². The van der Waals surface area contributed by atoms with Crippen LogP contribution in [0.4, 0.5) is 0 Å². The molecule has 1 atom stereocenters. The van der Waals surface area contributed by atoms with Crippen molar-refractivity contribution in [1.29, 1.82) is 0 Å². The van der Waals surface area contributed by atoms with Crippen LogP contribution in [0.5, 0.6) is 0 Å². The average Bonchev–Trinajstić information content (AvgIpc) is 2.83. The summed E-state index contributed by atoms with van der Waals surface area (Å²) in [5, 5.41) is 10.9. The molecule has 0 radical (unpaired) electrons. The van der Waals surface area contributed by atoms with E-state index >= 15 is 0 Å². The fourth-order valence-electron chi connectivity index (χ4n) is 3.70. The molecule has 132 valence electrons. The van der Waals surface area contributed by atoms with Gasteiger partial charge >= 0.3 is 0 Å². The highest BCUT2D eigenvalue weighted by molar-refractivity contribution is 5.89. The van der Waals surface area contributed by atoms with Crippen molar-refractivity contribution in [3.05, 3.63) is 11.6 Å². The van der Waals surface area contributed by atoms with Gasteiger partial charge in [-0.3, -0.25) is 9.59 Å². The fourth-order valence-corrected chi connectivity index (χ4v) is 3.70. The zero-order valence-corrected chi connectivity index (χ0v) is 15.2. The molecule has 7 heteroatoms. The van der Waals surface area contributed by atoms with Crippen LogP contribution in [0.3, 0.4) is 0 Å². The summed E-state index contributed by atoms with van der Waals surface area (Å²) in [6.07, 6.45) is 1.82. The number of aromatic nitrogens is 3. The van der Waals surface area contributed by atoms with Crippen LogP contribution in [0.2, 0.25) is 0 Å². The summed E-state index contributed by atoms with van der Waals surface area (Å²) < 4.78 is 1.93. The quantitative estimate of drug-likeness (QED) is 0.879. The minimum Gasteiger partial charge on any atom is -0.357 e. The summed E-state index contributed by atoms with van der Waals surface area (Å²) in [5.41, 5.74) is 0.232. The molecule has 1 saturated carbocycles. The van der Waals surface area contributed by atoms with Crippen molar-refractivity contribution in [2.75, 3.05) is 7.05 Å². The third-order valence-corrected chi connectivity index (χ3v) is 5.60. The molecular formula is C17H27N5O2. The number of rotatable bonds is 2. The summed E-state index contributed by atoms with van der Waals surface area (Å²) in [6, 6.07) is -0.488. The van der Waals surface area contributed by atoms with Crippen molar-refractivity contribution < 1.29 is 9.59 Å². The maximum atomic E-state index is 13.0. The Morgan fingerprint density at radius 3 is 2.46 bits per heavy atom. The SMILES string of the molecule is CNC(=O)C1Cn2c(C)nnc2CN1C(=O)C1CC(C(C)(C)C)C1. The predicted octanol–water partition coefficient (Wildman–Crippen LogP) is 1.12. The van der Waals surface area contributed by atoms with E-state index in [2.05, 4.69) is 36.3 Å². The number of carbonyl (C=O) groups is 2. The number of likely N-dealkylation sites (N-methyl/N-ethyl adjacent to an activating group) is 1. The maximum Gasteiger partial charge on any atom is 0.244 e. The molecule has 1 aliphatic heterocycles. The number of nitrogens with one attached hydrogen (secondary N) is 1. The third-order valence-electron chi connectivity index (χ3n) is 5.60. The normalized spacial score (nSPS) is 26.5. The summed E-state index contributed by atoms with van der Waals surface area (Å²) in [6.45, 7) is 9.31. The molecule has 7 nitrogen and oxygen atoms in total.